The van der Waals surface area contributed by atoms with Gasteiger partial charge in [-0.25, -0.2) is 4.98 Å². The van der Waals surface area contributed by atoms with Crippen molar-refractivity contribution < 1.29 is 0 Å². The fourth-order valence-electron chi connectivity index (χ4n) is 2.38. The van der Waals surface area contributed by atoms with Crippen LogP contribution in [0.25, 0.3) is 20.8 Å². The molecule has 2 nitrogen and oxygen atoms in total. The van der Waals surface area contributed by atoms with Crippen molar-refractivity contribution >= 4 is 60.7 Å². The molecule has 0 aliphatic rings. The molecule has 4 rings (SSSR count). The summed E-state index contributed by atoms with van der Waals surface area (Å²) in [6, 6.07) is 18.7. The first-order valence-corrected chi connectivity index (χ1v) is 9.87. The Bertz CT molecular complexity index is 1030. The third-order valence-electron chi connectivity index (χ3n) is 3.59. The summed E-state index contributed by atoms with van der Waals surface area (Å²) in [6.45, 7) is 2.11. The Morgan fingerprint density at radius 2 is 1.83 bits per heavy atom. The first-order chi connectivity index (χ1) is 11.7. The molecule has 118 valence electrons. The second-order valence-corrected chi connectivity index (χ2v) is 8.96. The molecule has 4 aromatic rings. The van der Waals surface area contributed by atoms with Crippen LogP contribution in [0.15, 0.2) is 63.4 Å². The molecule has 0 radical (unpaired) electrons. The topological polar surface area (TPSA) is 25.2 Å². The van der Waals surface area contributed by atoms with Gasteiger partial charge >= 0.3 is 0 Å². The van der Waals surface area contributed by atoms with Crippen LogP contribution in [0, 0.1) is 6.92 Å². The summed E-state index contributed by atoms with van der Waals surface area (Å²) in [5.41, 5.74) is 4.40. The summed E-state index contributed by atoms with van der Waals surface area (Å²) >= 11 is 6.86. The van der Waals surface area contributed by atoms with Crippen molar-refractivity contribution in [3.8, 4) is 10.6 Å². The predicted molar refractivity (Wildman–Crippen MR) is 109 cm³/mol. The van der Waals surface area contributed by atoms with E-state index in [2.05, 4.69) is 64.2 Å². The van der Waals surface area contributed by atoms with Crippen molar-refractivity contribution in [1.82, 2.24) is 4.98 Å². The molecule has 0 saturated carbocycles. The molecule has 0 saturated heterocycles. The number of fused-ring (bicyclic) bond motifs is 1. The van der Waals surface area contributed by atoms with Crippen LogP contribution in [0.3, 0.4) is 0 Å². The molecular weight excluding hydrogens is 400 g/mol. The van der Waals surface area contributed by atoms with Crippen molar-refractivity contribution in [2.45, 2.75) is 6.92 Å². The van der Waals surface area contributed by atoms with Crippen molar-refractivity contribution in [3.05, 3.63) is 68.8 Å². The summed E-state index contributed by atoms with van der Waals surface area (Å²) in [5, 5.41) is 1.05. The fraction of sp³-hybridized carbons (Fsp3) is 0.0526. The van der Waals surface area contributed by atoms with Gasteiger partial charge in [0.1, 0.15) is 5.01 Å². The number of hydrogen-bond donors (Lipinski definition) is 0. The summed E-state index contributed by atoms with van der Waals surface area (Å²) in [7, 11) is 0. The zero-order valence-electron chi connectivity index (χ0n) is 12.9. The Morgan fingerprint density at radius 3 is 2.58 bits per heavy atom. The van der Waals surface area contributed by atoms with E-state index >= 15 is 0 Å². The number of aryl methyl sites for hydroxylation is 1. The van der Waals surface area contributed by atoms with Gasteiger partial charge in [0.15, 0.2) is 0 Å². The summed E-state index contributed by atoms with van der Waals surface area (Å²) in [5.74, 6) is 0. The fourth-order valence-corrected chi connectivity index (χ4v) is 4.75. The van der Waals surface area contributed by atoms with Crippen LogP contribution >= 0.6 is 38.6 Å². The van der Waals surface area contributed by atoms with Crippen LogP contribution in [-0.2, 0) is 0 Å². The Kier molecular flexibility index (Phi) is 4.31. The number of benzene rings is 2. The van der Waals surface area contributed by atoms with Gasteiger partial charge in [-0.1, -0.05) is 6.07 Å². The van der Waals surface area contributed by atoms with Crippen LogP contribution in [0.4, 0.5) is 5.69 Å². The lowest BCUT2D eigenvalue weighted by Crippen LogP contribution is -1.76. The van der Waals surface area contributed by atoms with E-state index in [4.69, 9.17) is 4.98 Å². The first kappa shape index (κ1) is 15.7. The van der Waals surface area contributed by atoms with Crippen molar-refractivity contribution in [1.29, 1.82) is 0 Å². The SMILES string of the molecule is Cc1ccc2nc(-c3ccc(N=Cc4ccc(Br)s4)cc3)sc2c1. The van der Waals surface area contributed by atoms with Crippen molar-refractivity contribution in [2.75, 3.05) is 0 Å². The number of thiophene rings is 1. The summed E-state index contributed by atoms with van der Waals surface area (Å²) < 4.78 is 2.35. The maximum atomic E-state index is 4.73. The van der Waals surface area contributed by atoms with Gasteiger partial charge in [-0.05, 0) is 76.9 Å². The molecule has 0 aliphatic heterocycles. The molecule has 0 spiro atoms. The monoisotopic (exact) mass is 412 g/mol. The van der Waals surface area contributed by atoms with Crippen LogP contribution in [0.2, 0.25) is 0 Å². The van der Waals surface area contributed by atoms with Gasteiger partial charge in [-0.3, -0.25) is 4.99 Å². The Morgan fingerprint density at radius 1 is 1.00 bits per heavy atom. The van der Waals surface area contributed by atoms with Gasteiger partial charge in [0.25, 0.3) is 0 Å². The average molecular weight is 413 g/mol. The minimum absolute atomic E-state index is 0.945. The highest BCUT2D eigenvalue weighted by Crippen LogP contribution is 2.31. The van der Waals surface area contributed by atoms with Gasteiger partial charge in [-0.15, -0.1) is 22.7 Å². The van der Waals surface area contributed by atoms with E-state index in [1.807, 2.05) is 24.4 Å². The average Bonchev–Trinajstić information content (AvgIpc) is 3.19. The molecule has 24 heavy (non-hydrogen) atoms. The van der Waals surface area contributed by atoms with Crippen molar-refractivity contribution in [3.63, 3.8) is 0 Å². The van der Waals surface area contributed by atoms with Gasteiger partial charge in [0.05, 0.1) is 19.7 Å². The normalized spacial score (nSPS) is 11.6. The number of aromatic nitrogens is 1. The minimum Gasteiger partial charge on any atom is -0.255 e. The summed E-state index contributed by atoms with van der Waals surface area (Å²) in [6.07, 6.45) is 1.89. The van der Waals surface area contributed by atoms with E-state index in [0.29, 0.717) is 0 Å². The Hall–Kier alpha value is -1.82. The highest BCUT2D eigenvalue weighted by molar-refractivity contribution is 9.11. The highest BCUT2D eigenvalue weighted by Gasteiger charge is 2.06. The van der Waals surface area contributed by atoms with E-state index in [1.165, 1.54) is 10.3 Å². The molecule has 0 atom stereocenters. The number of thiazole rings is 1. The van der Waals surface area contributed by atoms with E-state index < -0.39 is 0 Å². The Balaban J connectivity index is 1.59. The molecule has 5 heteroatoms. The van der Waals surface area contributed by atoms with Crippen LogP contribution in [0.5, 0.6) is 0 Å². The van der Waals surface area contributed by atoms with Crippen LogP contribution in [0.1, 0.15) is 10.4 Å². The molecule has 0 unspecified atom stereocenters. The molecule has 0 N–H and O–H groups in total. The van der Waals surface area contributed by atoms with Crippen LogP contribution in [-0.4, -0.2) is 11.2 Å². The van der Waals surface area contributed by atoms with Gasteiger partial charge in [-0.2, -0.15) is 0 Å². The lowest BCUT2D eigenvalue weighted by Gasteiger charge is -1.97. The number of aliphatic imine (C=N–C) groups is 1. The molecule has 0 bridgehead atoms. The molecule has 2 aromatic heterocycles. The van der Waals surface area contributed by atoms with Crippen LogP contribution < -0.4 is 0 Å². The molecule has 0 fully saturated rings. The number of hydrogen-bond acceptors (Lipinski definition) is 4. The number of halogens is 1. The second-order valence-electron chi connectivity index (χ2n) is 5.44. The first-order valence-electron chi connectivity index (χ1n) is 7.44. The molecule has 0 amide bonds. The third kappa shape index (κ3) is 3.34. The van der Waals surface area contributed by atoms with E-state index in [0.717, 1.165) is 30.4 Å². The lowest BCUT2D eigenvalue weighted by atomic mass is 10.2. The minimum atomic E-state index is 0.945. The molecular formula is C19H13BrN2S2. The number of nitrogens with zero attached hydrogens (tertiary/aromatic N) is 2. The second kappa shape index (κ2) is 6.59. The number of rotatable bonds is 3. The summed E-state index contributed by atoms with van der Waals surface area (Å²) in [4.78, 5) is 10.4. The zero-order valence-corrected chi connectivity index (χ0v) is 16.1. The zero-order chi connectivity index (χ0) is 16.5. The largest absolute Gasteiger partial charge is 0.255 e. The highest BCUT2D eigenvalue weighted by atomic mass is 79.9. The maximum Gasteiger partial charge on any atom is 0.124 e. The van der Waals surface area contributed by atoms with Gasteiger partial charge in [0, 0.05) is 16.7 Å². The van der Waals surface area contributed by atoms with E-state index in [1.54, 1.807) is 22.7 Å². The van der Waals surface area contributed by atoms with Gasteiger partial charge in [0.2, 0.25) is 0 Å². The molecule has 2 heterocycles. The maximum absolute atomic E-state index is 4.73. The van der Waals surface area contributed by atoms with Crippen molar-refractivity contribution in [2.24, 2.45) is 4.99 Å². The molecule has 2 aromatic carbocycles. The van der Waals surface area contributed by atoms with E-state index in [9.17, 15) is 0 Å². The Labute approximate surface area is 156 Å². The van der Waals surface area contributed by atoms with Gasteiger partial charge < -0.3 is 0 Å². The lowest BCUT2D eigenvalue weighted by molar-refractivity contribution is 1.45. The smallest absolute Gasteiger partial charge is 0.124 e. The predicted octanol–water partition coefficient (Wildman–Crippen LogP) is 6.85. The standard InChI is InChI=1S/C19H13BrN2S2/c1-12-2-8-16-17(10-12)24-19(22-16)13-3-5-14(6-4-13)21-11-15-7-9-18(20)23-15/h2-11H,1H3. The quantitative estimate of drug-likeness (QED) is 0.337. The molecule has 0 aliphatic carbocycles. The third-order valence-corrected chi connectivity index (χ3v) is 6.22. The van der Waals surface area contributed by atoms with E-state index in [-0.39, 0.29) is 0 Å².